The number of benzene rings is 2. The average molecular weight is 453 g/mol. The van der Waals surface area contributed by atoms with Crippen LogP contribution in [-0.4, -0.2) is 39.8 Å². The van der Waals surface area contributed by atoms with E-state index in [2.05, 4.69) is 21.2 Å². The Hall–Kier alpha value is -2.16. The van der Waals surface area contributed by atoms with Gasteiger partial charge >= 0.3 is 0 Å². The zero-order valence-corrected chi connectivity index (χ0v) is 17.7. The Morgan fingerprint density at radius 2 is 1.85 bits per heavy atom. The first-order chi connectivity index (χ1) is 12.7. The van der Waals surface area contributed by atoms with Crippen LogP contribution in [0.2, 0.25) is 0 Å². The number of carbonyl (C=O) groups is 1. The number of nitrogens with one attached hydrogen (secondary N) is 1. The highest BCUT2D eigenvalue weighted by Crippen LogP contribution is 2.25. The van der Waals surface area contributed by atoms with Gasteiger partial charge in [-0.15, -0.1) is 0 Å². The van der Waals surface area contributed by atoms with E-state index in [1.54, 1.807) is 25.3 Å². The summed E-state index contributed by atoms with van der Waals surface area (Å²) in [5.74, 6) is 0.483. The smallest absolute Gasteiger partial charge is 0.244 e. The highest BCUT2D eigenvalue weighted by atomic mass is 79.9. The second-order valence-electron chi connectivity index (χ2n) is 5.88. The molecule has 0 unspecified atom stereocenters. The normalized spacial score (nSPS) is 11.7. The number of hydrogen-bond donors (Lipinski definition) is 1. The van der Waals surface area contributed by atoms with Gasteiger partial charge < -0.3 is 10.1 Å². The number of carbonyl (C=O) groups excluding carboxylic acids is 1. The Labute approximate surface area is 168 Å². The monoisotopic (exact) mass is 452 g/mol. The minimum atomic E-state index is -3.46. The standard InChI is InChI=1S/C19H21BrN2O4S/c1-22(2)27(24,25)16-8-4-14(5-9-16)7-11-19(23)21-13-15-6-10-18(26-3)17(20)12-15/h4-12H,13H2,1-3H3,(H,21,23). The first-order valence-corrected chi connectivity index (χ1v) is 10.3. The van der Waals surface area contributed by atoms with E-state index in [-0.39, 0.29) is 10.8 Å². The zero-order valence-electron chi connectivity index (χ0n) is 15.3. The van der Waals surface area contributed by atoms with Crippen LogP contribution in [0.5, 0.6) is 5.75 Å². The van der Waals surface area contributed by atoms with Crippen molar-refractivity contribution in [3.8, 4) is 5.75 Å². The van der Waals surface area contributed by atoms with Crippen molar-refractivity contribution in [1.29, 1.82) is 0 Å². The molecule has 0 fully saturated rings. The molecule has 1 N–H and O–H groups in total. The summed E-state index contributed by atoms with van der Waals surface area (Å²) in [6.07, 6.45) is 3.04. The molecule has 6 nitrogen and oxygen atoms in total. The van der Waals surface area contributed by atoms with Crippen molar-refractivity contribution in [3.05, 3.63) is 64.1 Å². The van der Waals surface area contributed by atoms with Gasteiger partial charge in [-0.25, -0.2) is 12.7 Å². The number of sulfonamides is 1. The summed E-state index contributed by atoms with van der Waals surface area (Å²) >= 11 is 3.41. The van der Waals surface area contributed by atoms with Crippen LogP contribution in [0, 0.1) is 0 Å². The van der Waals surface area contributed by atoms with Crippen LogP contribution in [0.3, 0.4) is 0 Å². The molecule has 8 heteroatoms. The lowest BCUT2D eigenvalue weighted by atomic mass is 10.2. The van der Waals surface area contributed by atoms with Gasteiger partial charge in [0.2, 0.25) is 15.9 Å². The van der Waals surface area contributed by atoms with E-state index < -0.39 is 10.0 Å². The van der Waals surface area contributed by atoms with E-state index >= 15 is 0 Å². The molecule has 0 heterocycles. The van der Waals surface area contributed by atoms with E-state index in [4.69, 9.17) is 4.74 Å². The third-order valence-electron chi connectivity index (χ3n) is 3.77. The predicted molar refractivity (Wildman–Crippen MR) is 109 cm³/mol. The molecular weight excluding hydrogens is 432 g/mol. The van der Waals surface area contributed by atoms with E-state index in [9.17, 15) is 13.2 Å². The molecule has 0 radical (unpaired) electrons. The first-order valence-electron chi connectivity index (χ1n) is 8.05. The predicted octanol–water partition coefficient (Wildman–Crippen LogP) is 3.04. The Morgan fingerprint density at radius 3 is 2.41 bits per heavy atom. The molecule has 2 aromatic rings. The zero-order chi connectivity index (χ0) is 20.0. The SMILES string of the molecule is COc1ccc(CNC(=O)C=Cc2ccc(S(=O)(=O)N(C)C)cc2)cc1Br. The highest BCUT2D eigenvalue weighted by molar-refractivity contribution is 9.10. The largest absolute Gasteiger partial charge is 0.496 e. The lowest BCUT2D eigenvalue weighted by molar-refractivity contribution is -0.116. The van der Waals surface area contributed by atoms with Crippen LogP contribution in [0.25, 0.3) is 6.08 Å². The molecule has 2 rings (SSSR count). The number of amides is 1. The topological polar surface area (TPSA) is 75.7 Å². The molecule has 0 aliphatic rings. The summed E-state index contributed by atoms with van der Waals surface area (Å²) in [7, 11) is 1.10. The first kappa shape index (κ1) is 21.1. The van der Waals surface area contributed by atoms with Crippen molar-refractivity contribution in [2.75, 3.05) is 21.2 Å². The van der Waals surface area contributed by atoms with Crippen molar-refractivity contribution < 1.29 is 17.9 Å². The molecule has 0 atom stereocenters. The fraction of sp³-hybridized carbons (Fsp3) is 0.211. The minimum Gasteiger partial charge on any atom is -0.496 e. The Kier molecular flexibility index (Phi) is 7.18. The molecule has 0 saturated heterocycles. The fourth-order valence-corrected chi connectivity index (χ4v) is 3.69. The summed E-state index contributed by atoms with van der Waals surface area (Å²) in [6.45, 7) is 0.381. The maximum Gasteiger partial charge on any atom is 0.244 e. The van der Waals surface area contributed by atoms with Crippen LogP contribution in [0.1, 0.15) is 11.1 Å². The maximum atomic E-state index is 12.0. The number of nitrogens with zero attached hydrogens (tertiary/aromatic N) is 1. The van der Waals surface area contributed by atoms with Crippen LogP contribution in [0.15, 0.2) is 57.9 Å². The third-order valence-corrected chi connectivity index (χ3v) is 6.22. The number of rotatable bonds is 7. The van der Waals surface area contributed by atoms with E-state index in [0.717, 1.165) is 25.7 Å². The molecule has 0 aromatic heterocycles. The van der Waals surface area contributed by atoms with Gasteiger partial charge in [0.05, 0.1) is 16.5 Å². The Balaban J connectivity index is 1.95. The number of halogens is 1. The van der Waals surface area contributed by atoms with Gasteiger partial charge in [0.25, 0.3) is 0 Å². The maximum absolute atomic E-state index is 12.0. The lowest BCUT2D eigenvalue weighted by Gasteiger charge is -2.11. The van der Waals surface area contributed by atoms with Crippen molar-refractivity contribution in [2.24, 2.45) is 0 Å². The molecule has 0 aliphatic carbocycles. The highest BCUT2D eigenvalue weighted by Gasteiger charge is 2.16. The van der Waals surface area contributed by atoms with Crippen molar-refractivity contribution in [3.63, 3.8) is 0 Å². The molecule has 0 spiro atoms. The molecule has 2 aromatic carbocycles. The molecule has 0 aliphatic heterocycles. The summed E-state index contributed by atoms with van der Waals surface area (Å²) < 4.78 is 31.2. The Morgan fingerprint density at radius 1 is 1.19 bits per heavy atom. The molecule has 1 amide bonds. The van der Waals surface area contributed by atoms with Crippen molar-refractivity contribution in [2.45, 2.75) is 11.4 Å². The lowest BCUT2D eigenvalue weighted by Crippen LogP contribution is -2.22. The van der Waals surface area contributed by atoms with E-state index in [0.29, 0.717) is 6.54 Å². The third kappa shape index (κ3) is 5.66. The Bertz CT molecular complexity index is 939. The summed E-state index contributed by atoms with van der Waals surface area (Å²) in [4.78, 5) is 12.2. The van der Waals surface area contributed by atoms with E-state index in [1.165, 1.54) is 32.3 Å². The van der Waals surface area contributed by atoms with Crippen molar-refractivity contribution >= 4 is 37.9 Å². The van der Waals surface area contributed by atoms with Crippen molar-refractivity contribution in [1.82, 2.24) is 9.62 Å². The second-order valence-corrected chi connectivity index (χ2v) is 8.88. The van der Waals surface area contributed by atoms with Crippen LogP contribution >= 0.6 is 15.9 Å². The molecular formula is C19H21BrN2O4S. The molecule has 0 saturated carbocycles. The van der Waals surface area contributed by atoms with Crippen LogP contribution in [-0.2, 0) is 21.4 Å². The van der Waals surface area contributed by atoms with Gasteiger partial charge in [-0.1, -0.05) is 18.2 Å². The molecule has 27 heavy (non-hydrogen) atoms. The number of hydrogen-bond acceptors (Lipinski definition) is 4. The van der Waals surface area contributed by atoms with Gasteiger partial charge in [0.15, 0.2) is 0 Å². The summed E-state index contributed by atoms with van der Waals surface area (Å²) in [5.41, 5.74) is 1.66. The number of methoxy groups -OCH3 is 1. The minimum absolute atomic E-state index is 0.208. The van der Waals surface area contributed by atoms with Crippen LogP contribution in [0.4, 0.5) is 0 Å². The van der Waals surface area contributed by atoms with Gasteiger partial charge in [-0.05, 0) is 57.4 Å². The van der Waals surface area contributed by atoms with Gasteiger partial charge in [0.1, 0.15) is 5.75 Å². The van der Waals surface area contributed by atoms with Gasteiger partial charge in [-0.3, -0.25) is 4.79 Å². The molecule has 144 valence electrons. The van der Waals surface area contributed by atoms with Gasteiger partial charge in [0, 0.05) is 26.7 Å². The summed E-state index contributed by atoms with van der Waals surface area (Å²) in [6, 6.07) is 11.9. The summed E-state index contributed by atoms with van der Waals surface area (Å²) in [5, 5.41) is 2.79. The number of ether oxygens (including phenoxy) is 1. The van der Waals surface area contributed by atoms with E-state index in [1.807, 2.05) is 18.2 Å². The second kappa shape index (κ2) is 9.16. The quantitative estimate of drug-likeness (QED) is 0.654. The fourth-order valence-electron chi connectivity index (χ4n) is 2.20. The molecule has 0 bridgehead atoms. The van der Waals surface area contributed by atoms with Crippen LogP contribution < -0.4 is 10.1 Å². The average Bonchev–Trinajstić information content (AvgIpc) is 2.65. The van der Waals surface area contributed by atoms with Gasteiger partial charge in [-0.2, -0.15) is 0 Å².